The molecule has 100 valence electrons. The maximum Gasteiger partial charge on any atom is 0.241 e. The second kappa shape index (κ2) is 5.22. The predicted octanol–water partition coefficient (Wildman–Crippen LogP) is -1.18. The molecule has 2 aliphatic rings. The number of carbonyl (C=O) groups is 1. The van der Waals surface area contributed by atoms with Gasteiger partial charge in [0.25, 0.3) is 0 Å². The van der Waals surface area contributed by atoms with Crippen molar-refractivity contribution >= 4 is 15.9 Å². The molecule has 1 saturated heterocycles. The van der Waals surface area contributed by atoms with Gasteiger partial charge in [0.05, 0.1) is 19.3 Å². The van der Waals surface area contributed by atoms with Gasteiger partial charge >= 0.3 is 0 Å². The number of nitrogens with one attached hydrogen (secondary N) is 1. The van der Waals surface area contributed by atoms with E-state index in [0.29, 0.717) is 0 Å². The number of nitrogens with zero attached hydrogens (tertiary/aromatic N) is 2. The Hall–Kier alpha value is -1.17. The van der Waals surface area contributed by atoms with Crippen LogP contribution < -0.4 is 5.32 Å². The second-order valence-electron chi connectivity index (χ2n) is 4.40. The Balaban J connectivity index is 2.10. The normalized spacial score (nSPS) is 25.4. The Bertz CT molecular complexity index is 466. The zero-order valence-electron chi connectivity index (χ0n) is 9.83. The first kappa shape index (κ1) is 13.3. The summed E-state index contributed by atoms with van der Waals surface area (Å²) >= 11 is 0. The van der Waals surface area contributed by atoms with Crippen molar-refractivity contribution in [1.29, 1.82) is 5.26 Å². The average molecular weight is 273 g/mol. The van der Waals surface area contributed by atoms with Crippen molar-refractivity contribution in [2.24, 2.45) is 0 Å². The summed E-state index contributed by atoms with van der Waals surface area (Å²) in [5.74, 6) is -0.945. The lowest BCUT2D eigenvalue weighted by molar-refractivity contribution is -0.129. The summed E-state index contributed by atoms with van der Waals surface area (Å²) in [6.07, 6.45) is 1.87. The van der Waals surface area contributed by atoms with Crippen molar-refractivity contribution in [3.05, 3.63) is 0 Å². The number of carbonyl (C=O) groups excluding carboxylic acids is 1. The van der Waals surface area contributed by atoms with Crippen LogP contribution >= 0.6 is 0 Å². The van der Waals surface area contributed by atoms with Crippen LogP contribution in [0.5, 0.6) is 0 Å². The molecule has 1 N–H and O–H groups in total. The number of rotatable bonds is 4. The van der Waals surface area contributed by atoms with E-state index in [1.165, 1.54) is 0 Å². The first-order valence-electron chi connectivity index (χ1n) is 5.79. The van der Waals surface area contributed by atoms with Crippen LogP contribution in [-0.2, 0) is 19.6 Å². The third-order valence-corrected chi connectivity index (χ3v) is 4.56. The number of hydrogen-bond acceptors (Lipinski definition) is 5. The number of hydrogen-bond donors (Lipinski definition) is 1. The highest BCUT2D eigenvalue weighted by atomic mass is 32.2. The summed E-state index contributed by atoms with van der Waals surface area (Å²) < 4.78 is 30.0. The topological polar surface area (TPSA) is 99.5 Å². The molecule has 1 aliphatic carbocycles. The molecule has 2 fully saturated rings. The van der Waals surface area contributed by atoms with Gasteiger partial charge in [0, 0.05) is 12.6 Å². The van der Waals surface area contributed by atoms with Gasteiger partial charge in [-0.2, -0.15) is 9.57 Å². The van der Waals surface area contributed by atoms with Gasteiger partial charge < -0.3 is 10.1 Å². The van der Waals surface area contributed by atoms with Gasteiger partial charge in [0.2, 0.25) is 15.9 Å². The zero-order valence-corrected chi connectivity index (χ0v) is 10.6. The van der Waals surface area contributed by atoms with Crippen LogP contribution in [0.1, 0.15) is 12.8 Å². The molecule has 0 aromatic heterocycles. The molecule has 8 heteroatoms. The zero-order chi connectivity index (χ0) is 13.2. The van der Waals surface area contributed by atoms with Gasteiger partial charge in [-0.15, -0.1) is 0 Å². The molecule has 18 heavy (non-hydrogen) atoms. The lowest BCUT2D eigenvalue weighted by Crippen LogP contribution is -2.56. The van der Waals surface area contributed by atoms with E-state index in [-0.39, 0.29) is 31.7 Å². The monoisotopic (exact) mass is 273 g/mol. The SMILES string of the molecule is N#CCS(=O)(=O)N1CCOCC1C(=O)NC1CC1. The van der Waals surface area contributed by atoms with E-state index < -0.39 is 21.8 Å². The smallest absolute Gasteiger partial charge is 0.241 e. The molecule has 0 aromatic rings. The summed E-state index contributed by atoms with van der Waals surface area (Å²) in [6, 6.07) is 0.933. The third-order valence-electron chi connectivity index (χ3n) is 2.91. The summed E-state index contributed by atoms with van der Waals surface area (Å²) in [4.78, 5) is 11.9. The highest BCUT2D eigenvalue weighted by molar-refractivity contribution is 7.89. The van der Waals surface area contributed by atoms with Crippen LogP contribution in [-0.4, -0.2) is 56.2 Å². The summed E-state index contributed by atoms with van der Waals surface area (Å²) in [5.41, 5.74) is 0. The molecule has 1 heterocycles. The van der Waals surface area contributed by atoms with E-state index in [2.05, 4.69) is 5.32 Å². The highest BCUT2D eigenvalue weighted by Gasteiger charge is 2.38. The maximum absolute atomic E-state index is 11.9. The minimum Gasteiger partial charge on any atom is -0.378 e. The van der Waals surface area contributed by atoms with E-state index >= 15 is 0 Å². The fourth-order valence-corrected chi connectivity index (χ4v) is 3.04. The number of ether oxygens (including phenoxy) is 1. The molecule has 1 saturated carbocycles. The Morgan fingerprint density at radius 1 is 1.50 bits per heavy atom. The molecule has 1 unspecified atom stereocenters. The largest absolute Gasteiger partial charge is 0.378 e. The summed E-state index contributed by atoms with van der Waals surface area (Å²) in [6.45, 7) is 0.411. The van der Waals surface area contributed by atoms with Crippen molar-refractivity contribution in [2.75, 3.05) is 25.5 Å². The van der Waals surface area contributed by atoms with E-state index in [1.54, 1.807) is 6.07 Å². The number of morpholine rings is 1. The van der Waals surface area contributed by atoms with Gasteiger partial charge in [-0.3, -0.25) is 4.79 Å². The van der Waals surface area contributed by atoms with E-state index in [9.17, 15) is 13.2 Å². The van der Waals surface area contributed by atoms with Crippen molar-refractivity contribution in [3.63, 3.8) is 0 Å². The third kappa shape index (κ3) is 2.98. The fourth-order valence-electron chi connectivity index (χ4n) is 1.82. The highest BCUT2D eigenvalue weighted by Crippen LogP contribution is 2.20. The van der Waals surface area contributed by atoms with Crippen LogP contribution in [0.3, 0.4) is 0 Å². The standard InChI is InChI=1S/C10H15N3O4S/c11-3-6-18(15,16)13-4-5-17-7-9(13)10(14)12-8-1-2-8/h8-9H,1-2,4-7H2,(H,12,14). The van der Waals surface area contributed by atoms with Crippen LogP contribution in [0.2, 0.25) is 0 Å². The molecule has 7 nitrogen and oxygen atoms in total. The first-order valence-corrected chi connectivity index (χ1v) is 7.40. The minimum absolute atomic E-state index is 0.0449. The minimum atomic E-state index is -3.71. The summed E-state index contributed by atoms with van der Waals surface area (Å²) in [5, 5.41) is 11.3. The van der Waals surface area contributed by atoms with Crippen molar-refractivity contribution in [2.45, 2.75) is 24.9 Å². The number of sulfonamides is 1. The van der Waals surface area contributed by atoms with E-state index in [1.807, 2.05) is 0 Å². The maximum atomic E-state index is 11.9. The Labute approximate surface area is 106 Å². The van der Waals surface area contributed by atoms with Gasteiger partial charge in [-0.1, -0.05) is 0 Å². The second-order valence-corrected chi connectivity index (χ2v) is 6.32. The Morgan fingerprint density at radius 2 is 2.22 bits per heavy atom. The van der Waals surface area contributed by atoms with Crippen molar-refractivity contribution in [3.8, 4) is 6.07 Å². The van der Waals surface area contributed by atoms with Crippen LogP contribution in [0.15, 0.2) is 0 Å². The van der Waals surface area contributed by atoms with Crippen LogP contribution in [0.25, 0.3) is 0 Å². The van der Waals surface area contributed by atoms with Crippen LogP contribution in [0.4, 0.5) is 0 Å². The Kier molecular flexibility index (Phi) is 3.85. The molecule has 0 spiro atoms. The molecule has 0 bridgehead atoms. The molecular formula is C10H15N3O4S. The van der Waals surface area contributed by atoms with Gasteiger partial charge in [-0.25, -0.2) is 8.42 Å². The molecule has 1 aliphatic heterocycles. The molecule has 1 atom stereocenters. The first-order chi connectivity index (χ1) is 8.54. The quantitative estimate of drug-likeness (QED) is 0.695. The average Bonchev–Trinajstić information content (AvgIpc) is 3.13. The van der Waals surface area contributed by atoms with E-state index in [0.717, 1.165) is 17.1 Å². The molecular weight excluding hydrogens is 258 g/mol. The van der Waals surface area contributed by atoms with Gasteiger partial charge in [0.1, 0.15) is 6.04 Å². The lowest BCUT2D eigenvalue weighted by Gasteiger charge is -2.32. The molecule has 0 radical (unpaired) electrons. The van der Waals surface area contributed by atoms with Crippen molar-refractivity contribution in [1.82, 2.24) is 9.62 Å². The molecule has 0 aromatic carbocycles. The number of nitriles is 1. The van der Waals surface area contributed by atoms with Gasteiger partial charge in [0.15, 0.2) is 5.75 Å². The van der Waals surface area contributed by atoms with Gasteiger partial charge in [-0.05, 0) is 12.8 Å². The Morgan fingerprint density at radius 3 is 2.83 bits per heavy atom. The van der Waals surface area contributed by atoms with E-state index in [4.69, 9.17) is 10.00 Å². The molecule has 2 rings (SSSR count). The molecule has 1 amide bonds. The summed E-state index contributed by atoms with van der Waals surface area (Å²) in [7, 11) is -3.71. The fraction of sp³-hybridized carbons (Fsp3) is 0.800. The lowest BCUT2D eigenvalue weighted by atomic mass is 10.2. The predicted molar refractivity (Wildman–Crippen MR) is 61.9 cm³/mol. The van der Waals surface area contributed by atoms with Crippen LogP contribution in [0, 0.1) is 11.3 Å². The number of amides is 1. The van der Waals surface area contributed by atoms with Crippen molar-refractivity contribution < 1.29 is 17.9 Å².